The van der Waals surface area contributed by atoms with E-state index in [2.05, 4.69) is 31.7 Å². The molecule has 0 amide bonds. The Morgan fingerprint density at radius 1 is 1.25 bits per heavy atom. The van der Waals surface area contributed by atoms with E-state index in [1.165, 1.54) is 5.69 Å². The lowest BCUT2D eigenvalue weighted by Gasteiger charge is -2.48. The van der Waals surface area contributed by atoms with Gasteiger partial charge in [-0.1, -0.05) is 39.0 Å². The molecule has 2 rings (SSSR count). The summed E-state index contributed by atoms with van der Waals surface area (Å²) in [5.41, 5.74) is 2.63. The summed E-state index contributed by atoms with van der Waals surface area (Å²) < 4.78 is 0. The van der Waals surface area contributed by atoms with Gasteiger partial charge in [0, 0.05) is 24.3 Å². The first-order chi connectivity index (χ1) is 7.52. The second-order valence-corrected chi connectivity index (χ2v) is 5.75. The van der Waals surface area contributed by atoms with Crippen LogP contribution in [0.25, 0.3) is 0 Å². The van der Waals surface area contributed by atoms with Gasteiger partial charge in [0.2, 0.25) is 0 Å². The number of anilines is 1. The minimum atomic E-state index is 0.132. The molecule has 16 heavy (non-hydrogen) atoms. The highest BCUT2D eigenvalue weighted by molar-refractivity contribution is 5.55. The molecule has 88 valence electrons. The zero-order chi connectivity index (χ0) is 11.8. The Balaban J connectivity index is 2.07. The molecule has 1 aromatic rings. The van der Waals surface area contributed by atoms with E-state index in [1.807, 2.05) is 18.2 Å². The molecule has 0 aliphatic carbocycles. The third-order valence-electron chi connectivity index (χ3n) is 3.61. The van der Waals surface area contributed by atoms with Gasteiger partial charge in [-0.25, -0.2) is 0 Å². The molecule has 1 aromatic carbocycles. The summed E-state index contributed by atoms with van der Waals surface area (Å²) in [7, 11) is 0. The topological polar surface area (TPSA) is 23.5 Å². The Morgan fingerprint density at radius 2 is 1.88 bits per heavy atom. The van der Waals surface area contributed by atoms with Gasteiger partial charge in [0.1, 0.15) is 0 Å². The number of aliphatic hydroxyl groups is 1. The lowest BCUT2D eigenvalue weighted by atomic mass is 9.75. The summed E-state index contributed by atoms with van der Waals surface area (Å²) in [5.74, 6) is 0.763. The molecule has 0 spiro atoms. The smallest absolute Gasteiger partial charge is 0.0702 e. The van der Waals surface area contributed by atoms with Crippen LogP contribution in [-0.4, -0.2) is 18.2 Å². The van der Waals surface area contributed by atoms with Crippen LogP contribution in [0, 0.1) is 11.3 Å². The van der Waals surface area contributed by atoms with Gasteiger partial charge in [0.05, 0.1) is 6.61 Å². The van der Waals surface area contributed by atoms with Crippen LogP contribution in [0.3, 0.4) is 0 Å². The van der Waals surface area contributed by atoms with Crippen LogP contribution < -0.4 is 4.90 Å². The van der Waals surface area contributed by atoms with Crippen molar-refractivity contribution in [1.29, 1.82) is 0 Å². The van der Waals surface area contributed by atoms with E-state index in [9.17, 15) is 5.11 Å². The maximum Gasteiger partial charge on any atom is 0.0702 e. The van der Waals surface area contributed by atoms with Gasteiger partial charge in [-0.15, -0.1) is 0 Å². The van der Waals surface area contributed by atoms with Gasteiger partial charge in [-0.2, -0.15) is 0 Å². The van der Waals surface area contributed by atoms with Crippen LogP contribution in [0.2, 0.25) is 0 Å². The highest BCUT2D eigenvalue weighted by Gasteiger charge is 2.36. The highest BCUT2D eigenvalue weighted by atomic mass is 16.3. The zero-order valence-corrected chi connectivity index (χ0v) is 10.4. The molecule has 0 unspecified atom stereocenters. The minimum absolute atomic E-state index is 0.132. The van der Waals surface area contributed by atoms with Crippen molar-refractivity contribution in [2.75, 3.05) is 18.0 Å². The third-order valence-corrected chi connectivity index (χ3v) is 3.61. The number of nitrogens with zero attached hydrogens (tertiary/aromatic N) is 1. The van der Waals surface area contributed by atoms with Crippen LogP contribution in [0.5, 0.6) is 0 Å². The van der Waals surface area contributed by atoms with E-state index in [1.54, 1.807) is 0 Å². The number of hydrogen-bond donors (Lipinski definition) is 1. The summed E-state index contributed by atoms with van der Waals surface area (Å²) in [6.07, 6.45) is 0. The van der Waals surface area contributed by atoms with Crippen molar-refractivity contribution in [3.8, 4) is 0 Å². The first-order valence-electron chi connectivity index (χ1n) is 5.96. The number of rotatable bonds is 2. The van der Waals surface area contributed by atoms with Crippen molar-refractivity contribution in [3.05, 3.63) is 29.8 Å². The van der Waals surface area contributed by atoms with Crippen LogP contribution in [-0.2, 0) is 6.61 Å². The maximum absolute atomic E-state index is 9.29. The van der Waals surface area contributed by atoms with Crippen molar-refractivity contribution in [3.63, 3.8) is 0 Å². The largest absolute Gasteiger partial charge is 0.392 e. The minimum Gasteiger partial charge on any atom is -0.392 e. The normalized spacial score (nSPS) is 17.4. The Labute approximate surface area is 97.9 Å². The van der Waals surface area contributed by atoms with E-state index in [4.69, 9.17) is 0 Å². The molecule has 0 atom stereocenters. The van der Waals surface area contributed by atoms with Crippen molar-refractivity contribution in [1.82, 2.24) is 0 Å². The van der Waals surface area contributed by atoms with E-state index in [0.717, 1.165) is 24.6 Å². The van der Waals surface area contributed by atoms with Gasteiger partial charge in [-0.3, -0.25) is 0 Å². The van der Waals surface area contributed by atoms with Crippen LogP contribution >= 0.6 is 0 Å². The fourth-order valence-corrected chi connectivity index (χ4v) is 2.18. The summed E-state index contributed by atoms with van der Waals surface area (Å²) in [6.45, 7) is 9.25. The summed E-state index contributed by atoms with van der Waals surface area (Å²) >= 11 is 0. The molecule has 0 bridgehead atoms. The molecule has 0 saturated carbocycles. The Morgan fingerprint density at radius 3 is 2.44 bits per heavy atom. The molecule has 1 aliphatic heterocycles. The molecule has 1 N–H and O–H groups in total. The van der Waals surface area contributed by atoms with E-state index in [-0.39, 0.29) is 6.61 Å². The molecular weight excluding hydrogens is 198 g/mol. The second-order valence-electron chi connectivity index (χ2n) is 5.75. The van der Waals surface area contributed by atoms with Crippen molar-refractivity contribution >= 4 is 5.69 Å². The molecule has 1 aliphatic rings. The molecule has 2 heteroatoms. The van der Waals surface area contributed by atoms with Gasteiger partial charge in [0.15, 0.2) is 0 Å². The second kappa shape index (κ2) is 4.10. The van der Waals surface area contributed by atoms with Gasteiger partial charge in [-0.05, 0) is 17.4 Å². The molecule has 1 saturated heterocycles. The molecular formula is C14H21NO. The SMILES string of the molecule is CC(C)(C)C1CN(c2ccccc2CO)C1. The number of aliphatic hydroxyl groups excluding tert-OH is 1. The highest BCUT2D eigenvalue weighted by Crippen LogP contribution is 2.37. The van der Waals surface area contributed by atoms with Crippen LogP contribution in [0.4, 0.5) is 5.69 Å². The van der Waals surface area contributed by atoms with Crippen molar-refractivity contribution < 1.29 is 5.11 Å². The predicted octanol–water partition coefficient (Wildman–Crippen LogP) is 2.66. The standard InChI is InChI=1S/C14H21NO/c1-14(2,3)12-8-15(9-12)13-7-5-4-6-11(13)10-16/h4-7,12,16H,8-10H2,1-3H3. The fourth-order valence-electron chi connectivity index (χ4n) is 2.18. The van der Waals surface area contributed by atoms with E-state index < -0.39 is 0 Å². The van der Waals surface area contributed by atoms with Gasteiger partial charge >= 0.3 is 0 Å². The molecule has 0 aromatic heterocycles. The quantitative estimate of drug-likeness (QED) is 0.826. The molecule has 0 radical (unpaired) electrons. The van der Waals surface area contributed by atoms with Crippen LogP contribution in [0.15, 0.2) is 24.3 Å². The maximum atomic E-state index is 9.29. The summed E-state index contributed by atoms with van der Waals surface area (Å²) in [4.78, 5) is 2.36. The van der Waals surface area contributed by atoms with E-state index >= 15 is 0 Å². The third kappa shape index (κ3) is 2.07. The Kier molecular flexibility index (Phi) is 2.94. The average Bonchev–Trinajstić information content (AvgIpc) is 2.14. The van der Waals surface area contributed by atoms with Crippen molar-refractivity contribution in [2.24, 2.45) is 11.3 Å². The number of hydrogen-bond acceptors (Lipinski definition) is 2. The zero-order valence-electron chi connectivity index (χ0n) is 10.4. The summed E-state index contributed by atoms with van der Waals surface area (Å²) in [5, 5.41) is 9.29. The van der Waals surface area contributed by atoms with Crippen LogP contribution in [0.1, 0.15) is 26.3 Å². The van der Waals surface area contributed by atoms with E-state index in [0.29, 0.717) is 5.41 Å². The Hall–Kier alpha value is -1.02. The summed E-state index contributed by atoms with van der Waals surface area (Å²) in [6, 6.07) is 8.12. The fraction of sp³-hybridized carbons (Fsp3) is 0.571. The first-order valence-corrected chi connectivity index (χ1v) is 5.96. The number of para-hydroxylation sites is 1. The van der Waals surface area contributed by atoms with Crippen molar-refractivity contribution in [2.45, 2.75) is 27.4 Å². The number of benzene rings is 1. The van der Waals surface area contributed by atoms with Gasteiger partial charge < -0.3 is 10.0 Å². The lowest BCUT2D eigenvalue weighted by Crippen LogP contribution is -2.52. The predicted molar refractivity (Wildman–Crippen MR) is 67.5 cm³/mol. The molecule has 2 nitrogen and oxygen atoms in total. The Bertz CT molecular complexity index is 361. The average molecular weight is 219 g/mol. The molecule has 1 heterocycles. The first kappa shape index (κ1) is 11.5. The molecule has 1 fully saturated rings. The lowest BCUT2D eigenvalue weighted by molar-refractivity contribution is 0.194. The monoisotopic (exact) mass is 219 g/mol. The van der Waals surface area contributed by atoms with Gasteiger partial charge in [0.25, 0.3) is 0 Å².